The summed E-state index contributed by atoms with van der Waals surface area (Å²) in [7, 11) is -7.40. The van der Waals surface area contributed by atoms with Crippen LogP contribution < -0.4 is 16.8 Å². The van der Waals surface area contributed by atoms with Crippen LogP contribution in [0.2, 0.25) is 0 Å². The lowest BCUT2D eigenvalue weighted by Gasteiger charge is -2.36. The van der Waals surface area contributed by atoms with Gasteiger partial charge in [0.15, 0.2) is 10.9 Å². The summed E-state index contributed by atoms with van der Waals surface area (Å²) in [5, 5.41) is 25.0. The van der Waals surface area contributed by atoms with Crippen molar-refractivity contribution in [1.29, 1.82) is 0 Å². The number of nitrogens with one attached hydrogen (secondary N) is 1. The Morgan fingerprint density at radius 3 is 1.35 bits per heavy atom. The summed E-state index contributed by atoms with van der Waals surface area (Å²) >= 11 is 5.14. The summed E-state index contributed by atoms with van der Waals surface area (Å²) in [6, 6.07) is 7.07. The number of aromatic nitrogens is 4. The lowest BCUT2D eigenvalue weighted by molar-refractivity contribution is -0.125. The van der Waals surface area contributed by atoms with Crippen LogP contribution in [0.3, 0.4) is 0 Å². The van der Waals surface area contributed by atoms with Gasteiger partial charge in [-0.2, -0.15) is 8.61 Å². The molecule has 0 aliphatic carbocycles. The maximum Gasteiger partial charge on any atom is 0.253 e. The van der Waals surface area contributed by atoms with Gasteiger partial charge in [0, 0.05) is 99.1 Å². The zero-order valence-corrected chi connectivity index (χ0v) is 46.7. The van der Waals surface area contributed by atoms with E-state index in [4.69, 9.17) is 23.7 Å². The standard InChI is InChI=1S/C24H31N3O6S.C22H32N4O5S.C7H6N4S/c1-16-13-18(23(31)26-8-3-19(28)4-9-26)14-17(2)20(16)5-12-34(32,33)27-10-6-24(7-11-27)21(29)15-22(30)25-24;1-15-13-17(20(28)25-8-3-18(27)4-9-25)14-16(2)19(15)5-12-32(30,31)26-10-6-22(24,7-11-26)21(23)29;12-7(10-3-1-8-5-10)11-4-2-9-6-11/h5,12-14,19,28H,3-4,6-11,15H2,1-2H3,(H,25,30);5,12-14,18,27H,3-4,6-11,24H2,1-2H3,(H2,23,29);1-6H/b2*12-5+;. The van der Waals surface area contributed by atoms with Crippen LogP contribution in [0.25, 0.3) is 12.2 Å². The first-order valence-corrected chi connectivity index (χ1v) is 29.2. The third-order valence-corrected chi connectivity index (χ3v) is 18.6. The monoisotopic (exact) mass is 1130 g/mol. The number of primary amides is 1. The molecular weight excluding hydrogens is 1060 g/mol. The SMILES string of the molecule is Cc1cc(C(=O)N2CCC(O)CC2)cc(C)c1/C=C/S(=O)(=O)N1CCC(N)(C(N)=O)CC1.Cc1cc(C(=O)N2CCC(O)CC2)cc(C)c1/C=C/S(=O)(=O)N1CCC2(CC1)NC(=O)CC2=O.S=C(n1ccnc1)n1ccnc1. The van der Waals surface area contributed by atoms with Gasteiger partial charge in [0.05, 0.1) is 24.2 Å². The number of imidazole rings is 2. The molecule has 0 saturated carbocycles. The predicted molar refractivity (Wildman–Crippen MR) is 296 cm³/mol. The zero-order valence-electron chi connectivity index (χ0n) is 44.3. The molecule has 2 aromatic heterocycles. The van der Waals surface area contributed by atoms with Gasteiger partial charge in [-0.15, -0.1) is 0 Å². The molecule has 0 atom stereocenters. The van der Waals surface area contributed by atoms with Gasteiger partial charge in [0.25, 0.3) is 11.8 Å². The Labute approximate surface area is 460 Å². The molecule has 0 unspecified atom stereocenters. The second-order valence-electron chi connectivity index (χ2n) is 20.6. The molecule has 78 heavy (non-hydrogen) atoms. The summed E-state index contributed by atoms with van der Waals surface area (Å²) in [6.07, 6.45) is 15.7. The minimum atomic E-state index is -3.71. The molecule has 5 aliphatic heterocycles. The molecule has 2 aromatic carbocycles. The van der Waals surface area contributed by atoms with Crippen molar-refractivity contribution in [2.75, 3.05) is 52.4 Å². The van der Waals surface area contributed by atoms with Crippen molar-refractivity contribution in [3.05, 3.63) is 117 Å². The number of benzene rings is 2. The molecule has 420 valence electrons. The van der Waals surface area contributed by atoms with Gasteiger partial charge in [0.2, 0.25) is 31.9 Å². The molecule has 4 amide bonds. The molecule has 0 radical (unpaired) electrons. The first kappa shape index (κ1) is 59.3. The van der Waals surface area contributed by atoms with E-state index in [1.807, 2.05) is 27.7 Å². The third kappa shape index (κ3) is 14.1. The van der Waals surface area contributed by atoms with Crippen molar-refractivity contribution in [1.82, 2.24) is 42.8 Å². The average molecular weight is 1130 g/mol. The summed E-state index contributed by atoms with van der Waals surface area (Å²) < 4.78 is 57.5. The Morgan fingerprint density at radius 2 is 1.03 bits per heavy atom. The van der Waals surface area contributed by atoms with Crippen LogP contribution in [-0.2, 0) is 34.4 Å². The molecule has 5 fully saturated rings. The number of aryl methyl sites for hydroxylation is 4. The number of Topliss-reactive ketones (excluding diaryl/α,β-unsaturated/α-hetero) is 1. The quantitative estimate of drug-likeness (QED) is 0.119. The number of amides is 4. The number of likely N-dealkylation sites (tertiary alicyclic amines) is 2. The van der Waals surface area contributed by atoms with Crippen LogP contribution in [0.4, 0.5) is 0 Å². The number of piperidine rings is 4. The molecule has 25 heteroatoms. The number of rotatable bonds is 9. The third-order valence-electron chi connectivity index (χ3n) is 15.1. The Kier molecular flexibility index (Phi) is 18.9. The van der Waals surface area contributed by atoms with Crippen LogP contribution in [-0.4, -0.2) is 175 Å². The second-order valence-corrected chi connectivity index (χ2v) is 24.6. The molecular formula is C53H69N11O11S3. The van der Waals surface area contributed by atoms with Crippen LogP contribution >= 0.6 is 12.2 Å². The fraction of sp³-hybridized carbons (Fsp3) is 0.472. The molecule has 7 N–H and O–H groups in total. The van der Waals surface area contributed by atoms with E-state index in [9.17, 15) is 51.0 Å². The van der Waals surface area contributed by atoms with E-state index in [1.165, 1.54) is 14.0 Å². The van der Waals surface area contributed by atoms with E-state index < -0.39 is 37.0 Å². The number of aliphatic hydroxyl groups is 2. The van der Waals surface area contributed by atoms with Crippen molar-refractivity contribution >= 4 is 78.9 Å². The number of carbonyl (C=O) groups is 5. The highest BCUT2D eigenvalue weighted by atomic mass is 32.2. The lowest BCUT2D eigenvalue weighted by atomic mass is 9.86. The van der Waals surface area contributed by atoms with Gasteiger partial charge in [0.1, 0.15) is 18.2 Å². The smallest absolute Gasteiger partial charge is 0.253 e. The van der Waals surface area contributed by atoms with Gasteiger partial charge in [-0.1, -0.05) is 0 Å². The van der Waals surface area contributed by atoms with Gasteiger partial charge >= 0.3 is 0 Å². The highest BCUT2D eigenvalue weighted by Gasteiger charge is 2.48. The Morgan fingerprint density at radius 1 is 0.654 bits per heavy atom. The Hall–Kier alpha value is -6.32. The number of thiocarbonyl (C=S) groups is 1. The normalized spacial score (nSPS) is 19.6. The van der Waals surface area contributed by atoms with Gasteiger partial charge in [-0.25, -0.2) is 26.8 Å². The number of ketones is 1. The molecule has 5 aliphatic rings. The van der Waals surface area contributed by atoms with Crippen LogP contribution in [0.15, 0.2) is 72.5 Å². The van der Waals surface area contributed by atoms with Gasteiger partial charge in [-0.05, 0) is 161 Å². The van der Waals surface area contributed by atoms with Crippen LogP contribution in [0.1, 0.15) is 112 Å². The molecule has 1 spiro atoms. The van der Waals surface area contributed by atoms with Crippen molar-refractivity contribution in [2.24, 2.45) is 11.5 Å². The van der Waals surface area contributed by atoms with E-state index in [0.717, 1.165) is 38.8 Å². The van der Waals surface area contributed by atoms with Crippen molar-refractivity contribution < 1.29 is 51.0 Å². The number of nitrogens with two attached hydrogens (primary N) is 2. The molecule has 0 bridgehead atoms. The van der Waals surface area contributed by atoms with E-state index in [1.54, 1.807) is 92.8 Å². The maximum atomic E-state index is 12.9. The minimum absolute atomic E-state index is 0.0840. The fourth-order valence-corrected chi connectivity index (χ4v) is 12.8. The van der Waals surface area contributed by atoms with Crippen LogP contribution in [0, 0.1) is 27.7 Å². The number of carbonyl (C=O) groups excluding carboxylic acids is 5. The topological polar surface area (TPSA) is 307 Å². The van der Waals surface area contributed by atoms with E-state index in [-0.39, 0.29) is 94.0 Å². The average Bonchev–Trinajstić information content (AvgIpc) is 4.20. The highest BCUT2D eigenvalue weighted by Crippen LogP contribution is 2.31. The summed E-state index contributed by atoms with van der Waals surface area (Å²) in [4.78, 5) is 72.2. The minimum Gasteiger partial charge on any atom is -0.393 e. The number of hydrogen-bond donors (Lipinski definition) is 5. The second kappa shape index (κ2) is 24.8. The Balaban J connectivity index is 0.000000187. The van der Waals surface area contributed by atoms with Crippen molar-refractivity contribution in [3.8, 4) is 0 Å². The highest BCUT2D eigenvalue weighted by molar-refractivity contribution is 7.92. The molecule has 9 rings (SSSR count). The fourth-order valence-electron chi connectivity index (χ4n) is 10.2. The van der Waals surface area contributed by atoms with E-state index in [2.05, 4.69) is 15.3 Å². The van der Waals surface area contributed by atoms with E-state index >= 15 is 0 Å². The van der Waals surface area contributed by atoms with Crippen molar-refractivity contribution in [2.45, 2.75) is 109 Å². The largest absolute Gasteiger partial charge is 0.393 e. The zero-order chi connectivity index (χ0) is 56.7. The number of aliphatic hydroxyl groups excluding tert-OH is 2. The summed E-state index contributed by atoms with van der Waals surface area (Å²) in [5.41, 5.74) is 15.0. The first-order chi connectivity index (χ1) is 36.8. The first-order valence-electron chi connectivity index (χ1n) is 25.8. The van der Waals surface area contributed by atoms with Gasteiger partial charge < -0.3 is 36.8 Å². The van der Waals surface area contributed by atoms with Crippen molar-refractivity contribution in [3.63, 3.8) is 0 Å². The maximum absolute atomic E-state index is 12.9. The van der Waals surface area contributed by atoms with Gasteiger partial charge in [-0.3, -0.25) is 33.1 Å². The molecule has 5 saturated heterocycles. The molecule has 4 aromatic rings. The number of sulfonamides is 2. The summed E-state index contributed by atoms with van der Waals surface area (Å²) in [6.45, 7) is 10.0. The molecule has 7 heterocycles. The summed E-state index contributed by atoms with van der Waals surface area (Å²) in [5.74, 6) is -1.25. The Bertz CT molecular complexity index is 3080. The lowest BCUT2D eigenvalue weighted by Crippen LogP contribution is -2.58. The molecule has 22 nitrogen and oxygen atoms in total. The number of nitrogens with zero attached hydrogens (tertiary/aromatic N) is 8. The number of hydrogen-bond acceptors (Lipinski definition) is 15. The van der Waals surface area contributed by atoms with Crippen LogP contribution in [0.5, 0.6) is 0 Å². The predicted octanol–water partition coefficient (Wildman–Crippen LogP) is 2.36. The van der Waals surface area contributed by atoms with E-state index in [0.29, 0.717) is 68.1 Å².